The van der Waals surface area contributed by atoms with Gasteiger partial charge in [-0.05, 0) is 31.7 Å². The van der Waals surface area contributed by atoms with Crippen LogP contribution in [0.25, 0.3) is 0 Å². The van der Waals surface area contributed by atoms with Crippen LogP contribution in [0.1, 0.15) is 37.7 Å². The first kappa shape index (κ1) is 17.6. The highest BCUT2D eigenvalue weighted by Crippen LogP contribution is 2.33. The Kier molecular flexibility index (Phi) is 5.86. The van der Waals surface area contributed by atoms with Gasteiger partial charge in [0.1, 0.15) is 16.4 Å². The van der Waals surface area contributed by atoms with Gasteiger partial charge in [0.05, 0.1) is 6.42 Å². The number of rotatable bonds is 4. The summed E-state index contributed by atoms with van der Waals surface area (Å²) in [6.45, 7) is 0. The van der Waals surface area contributed by atoms with E-state index in [0.29, 0.717) is 18.4 Å². The Balaban J connectivity index is 2.11. The zero-order chi connectivity index (χ0) is 16.9. The Hall–Kier alpha value is -1.77. The summed E-state index contributed by atoms with van der Waals surface area (Å²) < 4.78 is 10.1. The monoisotopic (exact) mass is 355 g/mol. The van der Waals surface area contributed by atoms with Gasteiger partial charge in [0, 0.05) is 5.56 Å². The van der Waals surface area contributed by atoms with E-state index in [2.05, 4.69) is 9.72 Å². The minimum Gasteiger partial charge on any atom is -0.447 e. The van der Waals surface area contributed by atoms with E-state index in [4.69, 9.17) is 34.4 Å². The molecule has 23 heavy (non-hydrogen) atoms. The molecule has 0 atom stereocenters. The summed E-state index contributed by atoms with van der Waals surface area (Å²) in [6.07, 6.45) is 10.0. The van der Waals surface area contributed by atoms with Crippen molar-refractivity contribution in [2.24, 2.45) is 0 Å². The van der Waals surface area contributed by atoms with Crippen LogP contribution in [0.5, 0.6) is 0 Å². The summed E-state index contributed by atoms with van der Waals surface area (Å²) in [5.74, 6) is -1.29. The molecule has 1 aromatic heterocycles. The molecule has 1 aromatic rings. The predicted octanol–water partition coefficient (Wildman–Crippen LogP) is 3.31. The number of terminal acetylenes is 1. The van der Waals surface area contributed by atoms with Crippen LogP contribution in [0.3, 0.4) is 0 Å². The molecule has 1 saturated carbocycles. The zero-order valence-corrected chi connectivity index (χ0v) is 13.8. The number of nitrogens with zero attached hydrogens (tertiary/aromatic N) is 1. The van der Waals surface area contributed by atoms with Crippen LogP contribution in [0, 0.1) is 12.5 Å². The van der Waals surface area contributed by atoms with Crippen LogP contribution in [-0.4, -0.2) is 22.5 Å². The van der Waals surface area contributed by atoms with E-state index in [1.807, 2.05) is 6.11 Å². The van der Waals surface area contributed by atoms with Crippen molar-refractivity contribution in [1.82, 2.24) is 4.98 Å². The maximum atomic E-state index is 12.2. The molecule has 0 bridgehead atoms. The van der Waals surface area contributed by atoms with Crippen molar-refractivity contribution in [3.8, 4) is 12.5 Å². The fourth-order valence-corrected chi connectivity index (χ4v) is 3.01. The number of carbonyl (C=O) groups excluding carboxylic acids is 2. The van der Waals surface area contributed by atoms with Crippen LogP contribution in [0.15, 0.2) is 12.1 Å². The molecule has 0 aliphatic heterocycles. The second kappa shape index (κ2) is 7.67. The molecule has 0 spiro atoms. The number of ether oxygens (including phenoxy) is 2. The molecule has 1 aliphatic rings. The van der Waals surface area contributed by atoms with Crippen molar-refractivity contribution in [2.45, 2.75) is 44.1 Å². The molecule has 122 valence electrons. The average Bonchev–Trinajstić information content (AvgIpc) is 2.51. The lowest BCUT2D eigenvalue weighted by Gasteiger charge is -2.33. The minimum absolute atomic E-state index is 0.117. The number of aromatic nitrogens is 1. The molecule has 5 nitrogen and oxygen atoms in total. The van der Waals surface area contributed by atoms with E-state index < -0.39 is 17.5 Å². The maximum absolute atomic E-state index is 12.2. The second-order valence-corrected chi connectivity index (χ2v) is 6.04. The molecule has 7 heteroatoms. The Labute approximate surface area is 144 Å². The normalized spacial score (nSPS) is 16.2. The Bertz CT molecular complexity index is 648. The fraction of sp³-hybridized carbons (Fsp3) is 0.438. The van der Waals surface area contributed by atoms with Gasteiger partial charge in [-0.3, -0.25) is 4.79 Å². The molecule has 0 radical (unpaired) electrons. The molecule has 0 amide bonds. The van der Waals surface area contributed by atoms with Crippen LogP contribution < -0.4 is 0 Å². The van der Waals surface area contributed by atoms with Crippen LogP contribution in [0.2, 0.25) is 10.3 Å². The minimum atomic E-state index is -1.31. The molecule has 0 unspecified atom stereocenters. The van der Waals surface area contributed by atoms with Gasteiger partial charge < -0.3 is 9.47 Å². The smallest absolute Gasteiger partial charge is 0.364 e. The lowest BCUT2D eigenvalue weighted by molar-refractivity contribution is -0.182. The molecule has 0 N–H and O–H groups in total. The van der Waals surface area contributed by atoms with Crippen molar-refractivity contribution in [3.05, 3.63) is 28.0 Å². The van der Waals surface area contributed by atoms with E-state index in [9.17, 15) is 9.59 Å². The van der Waals surface area contributed by atoms with E-state index in [-0.39, 0.29) is 16.7 Å². The zero-order valence-electron chi connectivity index (χ0n) is 12.3. The van der Waals surface area contributed by atoms with Crippen molar-refractivity contribution < 1.29 is 19.1 Å². The molecule has 1 fully saturated rings. The van der Waals surface area contributed by atoms with E-state index >= 15 is 0 Å². The van der Waals surface area contributed by atoms with Gasteiger partial charge >= 0.3 is 11.9 Å². The van der Waals surface area contributed by atoms with Crippen LogP contribution in [-0.2, 0) is 25.5 Å². The van der Waals surface area contributed by atoms with Crippen LogP contribution in [0.4, 0.5) is 0 Å². The summed E-state index contributed by atoms with van der Waals surface area (Å²) in [5.41, 5.74) is -0.842. The summed E-state index contributed by atoms with van der Waals surface area (Å²) in [4.78, 5) is 28.2. The quantitative estimate of drug-likeness (QED) is 0.470. The third kappa shape index (κ3) is 4.37. The molecular weight excluding hydrogens is 341 g/mol. The highest BCUT2D eigenvalue weighted by molar-refractivity contribution is 6.32. The second-order valence-electron chi connectivity index (χ2n) is 5.30. The number of esters is 2. The molecule has 0 saturated heterocycles. The summed E-state index contributed by atoms with van der Waals surface area (Å²) in [6, 6.07) is 3.12. The predicted molar refractivity (Wildman–Crippen MR) is 84.8 cm³/mol. The summed E-state index contributed by atoms with van der Waals surface area (Å²) in [5, 5.41) is 0.354. The standard InChI is InChI=1S/C16H15Cl2NO4/c1-2-22-15(21)16(8-4-3-5-9-16)23-13(20)10-11-6-7-12(17)19-14(11)18/h1,6-7H,3-5,8-10H2. The van der Waals surface area contributed by atoms with Crippen molar-refractivity contribution in [1.29, 1.82) is 0 Å². The average molecular weight is 356 g/mol. The highest BCUT2D eigenvalue weighted by atomic mass is 35.5. The van der Waals surface area contributed by atoms with E-state index in [0.717, 1.165) is 19.3 Å². The van der Waals surface area contributed by atoms with Gasteiger partial charge in [-0.15, -0.1) is 0 Å². The topological polar surface area (TPSA) is 65.5 Å². The third-order valence-electron chi connectivity index (χ3n) is 3.72. The van der Waals surface area contributed by atoms with Gasteiger partial charge in [-0.25, -0.2) is 9.78 Å². The van der Waals surface area contributed by atoms with Crippen molar-refractivity contribution in [3.63, 3.8) is 0 Å². The van der Waals surface area contributed by atoms with Gasteiger partial charge in [-0.1, -0.05) is 42.1 Å². The highest BCUT2D eigenvalue weighted by Gasteiger charge is 2.45. The van der Waals surface area contributed by atoms with Gasteiger partial charge in [0.25, 0.3) is 0 Å². The summed E-state index contributed by atoms with van der Waals surface area (Å²) in [7, 11) is 0. The Morgan fingerprint density at radius 2 is 1.96 bits per heavy atom. The number of halogens is 2. The lowest BCUT2D eigenvalue weighted by Crippen LogP contribution is -2.46. The van der Waals surface area contributed by atoms with Crippen LogP contribution >= 0.6 is 23.2 Å². The maximum Gasteiger partial charge on any atom is 0.364 e. The Morgan fingerprint density at radius 3 is 2.57 bits per heavy atom. The molecule has 0 aromatic carbocycles. The summed E-state index contributed by atoms with van der Waals surface area (Å²) >= 11 is 11.7. The SMILES string of the molecule is C#COC(=O)C1(OC(=O)Cc2ccc(Cl)nc2Cl)CCCCC1. The van der Waals surface area contributed by atoms with Crippen molar-refractivity contribution >= 4 is 35.1 Å². The lowest BCUT2D eigenvalue weighted by atomic mass is 9.84. The third-order valence-corrected chi connectivity index (χ3v) is 4.26. The first-order valence-corrected chi connectivity index (χ1v) is 7.92. The number of carbonyl (C=O) groups is 2. The van der Waals surface area contributed by atoms with Gasteiger partial charge in [0.2, 0.25) is 5.60 Å². The van der Waals surface area contributed by atoms with Gasteiger partial charge in [0.15, 0.2) is 0 Å². The molecule has 2 rings (SSSR count). The van der Waals surface area contributed by atoms with Crippen molar-refractivity contribution in [2.75, 3.05) is 0 Å². The fourth-order valence-electron chi connectivity index (χ4n) is 2.60. The molecule has 1 aliphatic carbocycles. The molecule has 1 heterocycles. The molecular formula is C16H15Cl2NO4. The first-order chi connectivity index (χ1) is 11.0. The number of hydrogen-bond acceptors (Lipinski definition) is 5. The number of hydrogen-bond donors (Lipinski definition) is 0. The first-order valence-electron chi connectivity index (χ1n) is 7.16. The van der Waals surface area contributed by atoms with Gasteiger partial charge in [-0.2, -0.15) is 0 Å². The van der Waals surface area contributed by atoms with E-state index in [1.54, 1.807) is 6.07 Å². The Morgan fingerprint density at radius 1 is 1.26 bits per heavy atom. The largest absolute Gasteiger partial charge is 0.447 e. The number of pyridine rings is 1. The van der Waals surface area contributed by atoms with E-state index in [1.165, 1.54) is 6.07 Å².